The molecule has 2 aromatic rings. The summed E-state index contributed by atoms with van der Waals surface area (Å²) >= 11 is 6.16. The number of nitrogens with zero attached hydrogens (tertiary/aromatic N) is 2. The summed E-state index contributed by atoms with van der Waals surface area (Å²) in [4.78, 5) is 0. The molecule has 1 aromatic carbocycles. The van der Waals surface area contributed by atoms with Gasteiger partial charge in [0.25, 0.3) is 0 Å². The van der Waals surface area contributed by atoms with Crippen molar-refractivity contribution in [3.8, 4) is 5.69 Å². The molecule has 0 fully saturated rings. The lowest BCUT2D eigenvalue weighted by Crippen LogP contribution is -2.02. The van der Waals surface area contributed by atoms with E-state index in [9.17, 15) is 0 Å². The summed E-state index contributed by atoms with van der Waals surface area (Å²) in [5, 5.41) is 5.22. The molecule has 0 aliphatic rings. The van der Waals surface area contributed by atoms with Gasteiger partial charge < -0.3 is 0 Å². The van der Waals surface area contributed by atoms with Gasteiger partial charge in [-0.15, -0.1) is 0 Å². The monoisotopic (exact) mass is 234 g/mol. The van der Waals surface area contributed by atoms with Crippen LogP contribution >= 0.6 is 11.6 Å². The normalized spacial score (nSPS) is 10.8. The van der Waals surface area contributed by atoms with Crippen LogP contribution in [0.1, 0.15) is 22.5 Å². The number of hydrogen-bond acceptors (Lipinski definition) is 1. The Morgan fingerprint density at radius 3 is 2.38 bits per heavy atom. The van der Waals surface area contributed by atoms with Gasteiger partial charge in [-0.1, -0.05) is 23.7 Å². The molecule has 0 aliphatic heterocycles. The van der Waals surface area contributed by atoms with Crippen LogP contribution in [0.25, 0.3) is 5.69 Å². The molecule has 0 atom stereocenters. The number of halogens is 1. The average Bonchev–Trinajstić information content (AvgIpc) is 2.50. The van der Waals surface area contributed by atoms with E-state index in [1.807, 2.05) is 24.6 Å². The number of aryl methyl sites for hydroxylation is 2. The zero-order chi connectivity index (χ0) is 11.9. The first-order valence-electron chi connectivity index (χ1n) is 5.30. The van der Waals surface area contributed by atoms with Crippen molar-refractivity contribution in [1.29, 1.82) is 0 Å². The second-order valence-corrected chi connectivity index (χ2v) is 4.49. The second kappa shape index (κ2) is 3.95. The lowest BCUT2D eigenvalue weighted by atomic mass is 10.1. The van der Waals surface area contributed by atoms with E-state index < -0.39 is 0 Å². The topological polar surface area (TPSA) is 17.8 Å². The van der Waals surface area contributed by atoms with E-state index in [2.05, 4.69) is 31.1 Å². The van der Waals surface area contributed by atoms with Crippen LogP contribution in [0.4, 0.5) is 0 Å². The average molecular weight is 235 g/mol. The molecule has 0 unspecified atom stereocenters. The van der Waals surface area contributed by atoms with Crippen LogP contribution in [0.5, 0.6) is 0 Å². The molecule has 0 N–H and O–H groups in total. The maximum atomic E-state index is 6.16. The molecule has 0 amide bonds. The molecule has 0 saturated heterocycles. The van der Waals surface area contributed by atoms with Gasteiger partial charge in [0.05, 0.1) is 22.1 Å². The fourth-order valence-electron chi connectivity index (χ4n) is 1.82. The molecule has 0 aliphatic carbocycles. The number of benzene rings is 1. The van der Waals surface area contributed by atoms with Gasteiger partial charge in [0, 0.05) is 0 Å². The van der Waals surface area contributed by atoms with E-state index in [-0.39, 0.29) is 0 Å². The number of rotatable bonds is 1. The fourth-order valence-corrected chi connectivity index (χ4v) is 1.94. The summed E-state index contributed by atoms with van der Waals surface area (Å²) in [6.45, 7) is 8.13. The van der Waals surface area contributed by atoms with Crippen molar-refractivity contribution >= 4 is 11.6 Å². The first-order chi connectivity index (χ1) is 7.52. The highest BCUT2D eigenvalue weighted by Crippen LogP contribution is 2.24. The highest BCUT2D eigenvalue weighted by Gasteiger charge is 2.12. The van der Waals surface area contributed by atoms with Crippen molar-refractivity contribution in [3.05, 3.63) is 45.7 Å². The minimum Gasteiger partial charge on any atom is -0.236 e. The zero-order valence-electron chi connectivity index (χ0n) is 10.0. The molecule has 2 rings (SSSR count). The van der Waals surface area contributed by atoms with Crippen LogP contribution in [0.3, 0.4) is 0 Å². The molecular formula is C13H15ClN2. The SMILES string of the molecule is Cc1cccc(-n2nc(C)c(Cl)c2C)c1C. The van der Waals surface area contributed by atoms with Gasteiger partial charge in [-0.05, 0) is 44.9 Å². The third kappa shape index (κ3) is 1.63. The molecule has 3 heteroatoms. The Morgan fingerprint density at radius 2 is 1.81 bits per heavy atom. The van der Waals surface area contributed by atoms with E-state index in [0.29, 0.717) is 0 Å². The van der Waals surface area contributed by atoms with E-state index >= 15 is 0 Å². The minimum atomic E-state index is 0.751. The first kappa shape index (κ1) is 11.2. The van der Waals surface area contributed by atoms with Crippen LogP contribution in [0.2, 0.25) is 5.02 Å². The van der Waals surface area contributed by atoms with Gasteiger partial charge in [0.1, 0.15) is 0 Å². The maximum absolute atomic E-state index is 6.16. The summed E-state index contributed by atoms with van der Waals surface area (Å²) in [5.41, 5.74) is 5.48. The van der Waals surface area contributed by atoms with Crippen LogP contribution in [0, 0.1) is 27.7 Å². The molecule has 1 heterocycles. The van der Waals surface area contributed by atoms with Gasteiger partial charge in [-0.2, -0.15) is 5.10 Å². The Bertz CT molecular complexity index is 541. The molecule has 84 valence electrons. The van der Waals surface area contributed by atoms with Crippen LogP contribution in [0.15, 0.2) is 18.2 Å². The van der Waals surface area contributed by atoms with E-state index in [1.165, 1.54) is 11.1 Å². The lowest BCUT2D eigenvalue weighted by molar-refractivity contribution is 0.826. The summed E-state index contributed by atoms with van der Waals surface area (Å²) in [7, 11) is 0. The predicted molar refractivity (Wildman–Crippen MR) is 67.5 cm³/mol. The van der Waals surface area contributed by atoms with E-state index in [0.717, 1.165) is 22.1 Å². The third-order valence-electron chi connectivity index (χ3n) is 3.01. The lowest BCUT2D eigenvalue weighted by Gasteiger charge is -2.10. The molecule has 2 nitrogen and oxygen atoms in total. The molecule has 0 radical (unpaired) electrons. The maximum Gasteiger partial charge on any atom is 0.0848 e. The van der Waals surface area contributed by atoms with Gasteiger partial charge in [-0.25, -0.2) is 4.68 Å². The quantitative estimate of drug-likeness (QED) is 0.735. The Morgan fingerprint density at radius 1 is 1.12 bits per heavy atom. The summed E-state index contributed by atoms with van der Waals surface area (Å²) in [6.07, 6.45) is 0. The highest BCUT2D eigenvalue weighted by atomic mass is 35.5. The van der Waals surface area contributed by atoms with Gasteiger partial charge in [0.2, 0.25) is 0 Å². The first-order valence-corrected chi connectivity index (χ1v) is 5.68. The predicted octanol–water partition coefficient (Wildman–Crippen LogP) is 3.76. The molecule has 16 heavy (non-hydrogen) atoms. The van der Waals surface area contributed by atoms with Crippen molar-refractivity contribution < 1.29 is 0 Å². The standard InChI is InChI=1S/C13H15ClN2/c1-8-6-5-7-12(9(8)2)16-11(4)13(14)10(3)15-16/h5-7H,1-4H3. The van der Waals surface area contributed by atoms with Crippen molar-refractivity contribution in [2.24, 2.45) is 0 Å². The third-order valence-corrected chi connectivity index (χ3v) is 3.55. The van der Waals surface area contributed by atoms with Crippen molar-refractivity contribution in [1.82, 2.24) is 9.78 Å². The van der Waals surface area contributed by atoms with Gasteiger partial charge in [0.15, 0.2) is 0 Å². The van der Waals surface area contributed by atoms with Gasteiger partial charge in [-0.3, -0.25) is 0 Å². The summed E-state index contributed by atoms with van der Waals surface area (Å²) < 4.78 is 1.92. The van der Waals surface area contributed by atoms with Crippen LogP contribution in [-0.2, 0) is 0 Å². The molecule has 0 spiro atoms. The van der Waals surface area contributed by atoms with Crippen molar-refractivity contribution in [3.63, 3.8) is 0 Å². The molecule has 0 saturated carbocycles. The van der Waals surface area contributed by atoms with Crippen LogP contribution in [-0.4, -0.2) is 9.78 Å². The largest absolute Gasteiger partial charge is 0.236 e. The minimum absolute atomic E-state index is 0.751. The molecule has 0 bridgehead atoms. The van der Waals surface area contributed by atoms with Crippen molar-refractivity contribution in [2.45, 2.75) is 27.7 Å². The van der Waals surface area contributed by atoms with Crippen LogP contribution < -0.4 is 0 Å². The van der Waals surface area contributed by atoms with Gasteiger partial charge >= 0.3 is 0 Å². The zero-order valence-corrected chi connectivity index (χ0v) is 10.8. The summed E-state index contributed by atoms with van der Waals surface area (Å²) in [6, 6.07) is 6.21. The van der Waals surface area contributed by atoms with E-state index in [4.69, 9.17) is 11.6 Å². The van der Waals surface area contributed by atoms with Crippen molar-refractivity contribution in [2.75, 3.05) is 0 Å². The molecular weight excluding hydrogens is 220 g/mol. The highest BCUT2D eigenvalue weighted by molar-refractivity contribution is 6.31. The molecule has 1 aromatic heterocycles. The number of hydrogen-bond donors (Lipinski definition) is 0. The number of aromatic nitrogens is 2. The second-order valence-electron chi connectivity index (χ2n) is 4.12. The Labute approximate surface area is 101 Å². The Balaban J connectivity index is 2.68. The fraction of sp³-hybridized carbons (Fsp3) is 0.308. The summed E-state index contributed by atoms with van der Waals surface area (Å²) in [5.74, 6) is 0. The van der Waals surface area contributed by atoms with E-state index in [1.54, 1.807) is 0 Å². The Kier molecular flexibility index (Phi) is 2.76. The smallest absolute Gasteiger partial charge is 0.0848 e. The Hall–Kier alpha value is -1.28.